The molecule has 0 aliphatic carbocycles. The van der Waals surface area contributed by atoms with Gasteiger partial charge in [-0.2, -0.15) is 15.1 Å². The van der Waals surface area contributed by atoms with E-state index in [4.69, 9.17) is 5.41 Å². The summed E-state index contributed by atoms with van der Waals surface area (Å²) in [6.45, 7) is 2.84. The number of para-hydroxylation sites is 1. The molecule has 1 amide bonds. The molecule has 0 bridgehead atoms. The molecule has 0 saturated heterocycles. The van der Waals surface area contributed by atoms with Crippen LogP contribution in [0.15, 0.2) is 70.4 Å². The summed E-state index contributed by atoms with van der Waals surface area (Å²) in [6.07, 6.45) is 3.78. The van der Waals surface area contributed by atoms with Crippen LogP contribution in [-0.4, -0.2) is 32.0 Å². The predicted octanol–water partition coefficient (Wildman–Crippen LogP) is 4.25. The van der Waals surface area contributed by atoms with Crippen LogP contribution in [0.2, 0.25) is 0 Å². The van der Waals surface area contributed by atoms with Crippen LogP contribution in [-0.2, 0) is 11.3 Å². The molecule has 0 unspecified atom stereocenters. The van der Waals surface area contributed by atoms with Crippen LogP contribution in [0.1, 0.15) is 16.7 Å². The van der Waals surface area contributed by atoms with E-state index in [1.54, 1.807) is 11.6 Å². The molecule has 0 saturated carbocycles. The lowest BCUT2D eigenvalue weighted by Gasteiger charge is -2.20. The topological polar surface area (TPSA) is 73.8 Å². The molecule has 3 heterocycles. The maximum absolute atomic E-state index is 12.5. The van der Waals surface area contributed by atoms with Crippen molar-refractivity contribution in [2.24, 2.45) is 10.1 Å². The molecule has 5 rings (SSSR count). The van der Waals surface area contributed by atoms with Gasteiger partial charge in [-0.25, -0.2) is 0 Å². The van der Waals surface area contributed by atoms with E-state index in [-0.39, 0.29) is 11.4 Å². The van der Waals surface area contributed by atoms with Crippen molar-refractivity contribution in [2.45, 2.75) is 13.5 Å². The van der Waals surface area contributed by atoms with E-state index in [1.807, 2.05) is 36.5 Å². The Labute approximate surface area is 171 Å². The number of aromatic nitrogens is 1. The summed E-state index contributed by atoms with van der Waals surface area (Å²) in [5, 5.41) is 15.4. The normalized spacial score (nSPS) is 17.3. The molecule has 1 aromatic heterocycles. The Morgan fingerprint density at radius 1 is 1.14 bits per heavy atom. The number of hydrazone groups is 1. The summed E-state index contributed by atoms with van der Waals surface area (Å²) >= 11 is 1.24. The second-order valence-corrected chi connectivity index (χ2v) is 7.72. The van der Waals surface area contributed by atoms with Crippen molar-refractivity contribution >= 4 is 51.2 Å². The van der Waals surface area contributed by atoms with E-state index in [9.17, 15) is 4.79 Å². The number of hydrogen-bond acceptors (Lipinski definition) is 4. The van der Waals surface area contributed by atoms with Crippen molar-refractivity contribution in [3.63, 3.8) is 0 Å². The molecule has 6 nitrogen and oxygen atoms in total. The number of amides is 1. The highest BCUT2D eigenvalue weighted by atomic mass is 32.2. The SMILES string of the molecule is Cc1ccccc1Cn1cc(C=C2C(=N)N3N=CSC3=NC2=O)c2ccccc21. The molecule has 2 aliphatic rings. The van der Waals surface area contributed by atoms with Gasteiger partial charge in [-0.15, -0.1) is 0 Å². The second kappa shape index (κ2) is 6.86. The zero-order valence-electron chi connectivity index (χ0n) is 15.7. The fourth-order valence-electron chi connectivity index (χ4n) is 3.58. The molecule has 2 aromatic carbocycles. The average Bonchev–Trinajstić information content (AvgIpc) is 3.32. The fraction of sp³-hybridized carbons (Fsp3) is 0.0909. The Hall–Kier alpha value is -3.45. The van der Waals surface area contributed by atoms with E-state index in [0.717, 1.165) is 23.0 Å². The summed E-state index contributed by atoms with van der Waals surface area (Å²) in [4.78, 5) is 16.6. The van der Waals surface area contributed by atoms with E-state index in [0.29, 0.717) is 5.17 Å². The third-order valence-corrected chi connectivity index (χ3v) is 5.79. The number of carbonyl (C=O) groups is 1. The maximum atomic E-state index is 12.5. The van der Waals surface area contributed by atoms with Gasteiger partial charge in [0.1, 0.15) is 0 Å². The maximum Gasteiger partial charge on any atom is 0.283 e. The standard InChI is InChI=1S/C22H17N5OS/c1-14-6-2-3-7-15(14)11-26-12-16(17-8-4-5-9-19(17)26)10-18-20(23)27-22(25-21(18)28)29-13-24-27/h2-10,12-13,23H,11H2,1H3. The van der Waals surface area contributed by atoms with Crippen molar-refractivity contribution in [3.05, 3.63) is 77.0 Å². The van der Waals surface area contributed by atoms with Gasteiger partial charge in [0, 0.05) is 29.2 Å². The molecule has 2 aliphatic heterocycles. The largest absolute Gasteiger partial charge is 0.342 e. The number of nitrogens with zero attached hydrogens (tertiary/aromatic N) is 4. The van der Waals surface area contributed by atoms with Crippen molar-refractivity contribution in [2.75, 3.05) is 0 Å². The first-order valence-electron chi connectivity index (χ1n) is 9.17. The molecule has 1 N–H and O–H groups in total. The van der Waals surface area contributed by atoms with Gasteiger partial charge in [0.15, 0.2) is 11.0 Å². The van der Waals surface area contributed by atoms with Crippen molar-refractivity contribution in [3.8, 4) is 0 Å². The highest BCUT2D eigenvalue weighted by Gasteiger charge is 2.32. The van der Waals surface area contributed by atoms with Crippen molar-refractivity contribution in [1.29, 1.82) is 5.41 Å². The first-order valence-corrected chi connectivity index (χ1v) is 10.0. The minimum atomic E-state index is -0.407. The van der Waals surface area contributed by atoms with Crippen molar-refractivity contribution < 1.29 is 4.79 Å². The number of aryl methyl sites for hydroxylation is 1. The third kappa shape index (κ3) is 3.00. The highest BCUT2D eigenvalue weighted by molar-refractivity contribution is 8.25. The summed E-state index contributed by atoms with van der Waals surface area (Å²) in [5.41, 5.74) is 6.27. The second-order valence-electron chi connectivity index (χ2n) is 6.91. The number of carbonyl (C=O) groups excluding carboxylic acids is 1. The minimum absolute atomic E-state index is 0.0528. The van der Waals surface area contributed by atoms with Crippen LogP contribution >= 0.6 is 11.8 Å². The number of fused-ring (bicyclic) bond motifs is 2. The summed E-state index contributed by atoms with van der Waals surface area (Å²) < 4.78 is 2.18. The van der Waals surface area contributed by atoms with Crippen LogP contribution in [0.3, 0.4) is 0 Å². The van der Waals surface area contributed by atoms with Crippen LogP contribution in [0.5, 0.6) is 0 Å². The first kappa shape index (κ1) is 17.6. The van der Waals surface area contributed by atoms with Gasteiger partial charge in [-0.1, -0.05) is 42.5 Å². The Morgan fingerprint density at radius 2 is 1.93 bits per heavy atom. The molecule has 0 radical (unpaired) electrons. The number of hydrogen-bond donors (Lipinski definition) is 1. The molecule has 0 atom stereocenters. The molecule has 3 aromatic rings. The predicted molar refractivity (Wildman–Crippen MR) is 118 cm³/mol. The summed E-state index contributed by atoms with van der Waals surface area (Å²) in [7, 11) is 0. The molecule has 0 fully saturated rings. The molecule has 142 valence electrons. The Bertz CT molecular complexity index is 1270. The third-order valence-electron chi connectivity index (χ3n) is 5.12. The first-order chi connectivity index (χ1) is 14.1. The lowest BCUT2D eigenvalue weighted by molar-refractivity contribution is -0.114. The van der Waals surface area contributed by atoms with Gasteiger partial charge in [0.05, 0.1) is 11.1 Å². The lowest BCUT2D eigenvalue weighted by Crippen LogP contribution is -2.35. The van der Waals surface area contributed by atoms with Crippen LogP contribution in [0.4, 0.5) is 0 Å². The molecular formula is C22H17N5OS. The van der Waals surface area contributed by atoms with Crippen LogP contribution < -0.4 is 0 Å². The quantitative estimate of drug-likeness (QED) is 0.669. The van der Waals surface area contributed by atoms with E-state index in [1.165, 1.54) is 27.9 Å². The average molecular weight is 399 g/mol. The zero-order valence-corrected chi connectivity index (χ0v) is 16.5. The molecule has 7 heteroatoms. The Balaban J connectivity index is 1.60. The Kier molecular flexibility index (Phi) is 4.17. The molecule has 0 spiro atoms. The van der Waals surface area contributed by atoms with Gasteiger partial charge in [-0.05, 0) is 42.0 Å². The Morgan fingerprint density at radius 3 is 2.79 bits per heavy atom. The van der Waals surface area contributed by atoms with Crippen LogP contribution in [0.25, 0.3) is 17.0 Å². The van der Waals surface area contributed by atoms with Gasteiger partial charge >= 0.3 is 0 Å². The van der Waals surface area contributed by atoms with Gasteiger partial charge in [0.25, 0.3) is 5.91 Å². The van der Waals surface area contributed by atoms with Gasteiger partial charge < -0.3 is 4.57 Å². The number of nitrogens with one attached hydrogen (secondary N) is 1. The monoisotopic (exact) mass is 399 g/mol. The lowest BCUT2D eigenvalue weighted by atomic mass is 10.1. The molecule has 29 heavy (non-hydrogen) atoms. The fourth-order valence-corrected chi connectivity index (χ4v) is 4.19. The van der Waals surface area contributed by atoms with Gasteiger partial charge in [0.2, 0.25) is 0 Å². The smallest absolute Gasteiger partial charge is 0.283 e. The van der Waals surface area contributed by atoms with Crippen LogP contribution in [0, 0.1) is 12.3 Å². The summed E-state index contributed by atoms with van der Waals surface area (Å²) in [5.74, 6) is -0.355. The highest BCUT2D eigenvalue weighted by Crippen LogP contribution is 2.28. The van der Waals surface area contributed by atoms with Gasteiger partial charge in [-0.3, -0.25) is 10.2 Å². The zero-order chi connectivity index (χ0) is 20.0. The molecular weight excluding hydrogens is 382 g/mol. The minimum Gasteiger partial charge on any atom is -0.342 e. The van der Waals surface area contributed by atoms with E-state index in [2.05, 4.69) is 39.8 Å². The van der Waals surface area contributed by atoms with E-state index >= 15 is 0 Å². The summed E-state index contributed by atoms with van der Waals surface area (Å²) in [6, 6.07) is 16.4. The number of thioether (sulfide) groups is 1. The number of aliphatic imine (C=N–C) groups is 1. The number of benzene rings is 2. The number of rotatable bonds is 3. The number of amidine groups is 2. The van der Waals surface area contributed by atoms with Crippen molar-refractivity contribution in [1.82, 2.24) is 9.58 Å². The van der Waals surface area contributed by atoms with E-state index < -0.39 is 5.91 Å².